The van der Waals surface area contributed by atoms with E-state index in [1.54, 1.807) is 0 Å². The molecule has 0 saturated heterocycles. The van der Waals surface area contributed by atoms with Crippen molar-refractivity contribution in [2.75, 3.05) is 5.33 Å². The number of carbonyl (C=O) groups is 1. The first-order valence-corrected chi connectivity index (χ1v) is 6.58. The lowest BCUT2D eigenvalue weighted by molar-refractivity contribution is -0.165. The minimum absolute atomic E-state index is 0.137. The van der Waals surface area contributed by atoms with Crippen LogP contribution in [-0.2, 0) is 9.53 Å². The maximum atomic E-state index is 11.0. The van der Waals surface area contributed by atoms with E-state index < -0.39 is 5.60 Å². The molecule has 0 aliphatic rings. The van der Waals surface area contributed by atoms with Crippen LogP contribution in [0.25, 0.3) is 0 Å². The predicted octanol–water partition coefficient (Wildman–Crippen LogP) is 3.51. The van der Waals surface area contributed by atoms with E-state index in [1.165, 1.54) is 6.92 Å². The fourth-order valence-electron chi connectivity index (χ4n) is 1.06. The van der Waals surface area contributed by atoms with Crippen LogP contribution in [0.3, 0.4) is 0 Å². The molecule has 0 fully saturated rings. The minimum Gasteiger partial charge on any atom is -0.459 e. The fraction of sp³-hybridized carbons (Fsp3) is 0.900. The standard InChI is InChI=1S/C10H18Br2O2/c1-7(13)14-10(4,5)9(2,3)8(12)6-11/h8H,6H2,1-5H3. The maximum Gasteiger partial charge on any atom is 0.303 e. The van der Waals surface area contributed by atoms with Crippen LogP contribution in [0.4, 0.5) is 0 Å². The highest BCUT2D eigenvalue weighted by molar-refractivity contribution is 9.12. The molecule has 1 atom stereocenters. The Hall–Kier alpha value is 0.430. The quantitative estimate of drug-likeness (QED) is 0.582. The third-order valence-electron chi connectivity index (χ3n) is 2.87. The van der Waals surface area contributed by atoms with Gasteiger partial charge in [0.1, 0.15) is 5.60 Å². The van der Waals surface area contributed by atoms with E-state index in [4.69, 9.17) is 4.74 Å². The number of hydrogen-bond acceptors (Lipinski definition) is 2. The van der Waals surface area contributed by atoms with E-state index in [1.807, 2.05) is 13.8 Å². The molecule has 0 saturated carbocycles. The highest BCUT2D eigenvalue weighted by Crippen LogP contribution is 2.41. The van der Waals surface area contributed by atoms with E-state index >= 15 is 0 Å². The van der Waals surface area contributed by atoms with Crippen LogP contribution in [0, 0.1) is 5.41 Å². The van der Waals surface area contributed by atoms with Gasteiger partial charge in [0.25, 0.3) is 0 Å². The SMILES string of the molecule is CC(=O)OC(C)(C)C(C)(C)C(Br)CBr. The van der Waals surface area contributed by atoms with Gasteiger partial charge in [-0.15, -0.1) is 0 Å². The largest absolute Gasteiger partial charge is 0.459 e. The molecule has 1 unspecified atom stereocenters. The Kier molecular flexibility index (Phi) is 5.12. The molecule has 0 aromatic heterocycles. The van der Waals surface area contributed by atoms with E-state index in [-0.39, 0.29) is 16.2 Å². The minimum atomic E-state index is -0.485. The van der Waals surface area contributed by atoms with Gasteiger partial charge in [0.15, 0.2) is 0 Å². The van der Waals surface area contributed by atoms with Gasteiger partial charge in [0, 0.05) is 22.5 Å². The van der Waals surface area contributed by atoms with Crippen LogP contribution >= 0.6 is 31.9 Å². The first-order valence-electron chi connectivity index (χ1n) is 4.54. The summed E-state index contributed by atoms with van der Waals surface area (Å²) in [6.07, 6.45) is 0. The number of esters is 1. The number of ether oxygens (including phenoxy) is 1. The number of carbonyl (C=O) groups excluding carboxylic acids is 1. The number of rotatable bonds is 4. The van der Waals surface area contributed by atoms with Crippen LogP contribution in [0.2, 0.25) is 0 Å². The summed E-state index contributed by atoms with van der Waals surface area (Å²) < 4.78 is 5.34. The number of halogens is 2. The molecule has 0 N–H and O–H groups in total. The Balaban J connectivity index is 4.76. The highest BCUT2D eigenvalue weighted by atomic mass is 79.9. The van der Waals surface area contributed by atoms with Gasteiger partial charge in [-0.25, -0.2) is 0 Å². The molecule has 0 aliphatic heterocycles. The lowest BCUT2D eigenvalue weighted by Crippen LogP contribution is -2.48. The average Bonchev–Trinajstić information content (AvgIpc) is 2.00. The molecule has 4 heteroatoms. The van der Waals surface area contributed by atoms with Gasteiger partial charge < -0.3 is 4.74 Å². The highest BCUT2D eigenvalue weighted by Gasteiger charge is 2.44. The van der Waals surface area contributed by atoms with Gasteiger partial charge in [0.2, 0.25) is 0 Å². The zero-order valence-electron chi connectivity index (χ0n) is 9.36. The van der Waals surface area contributed by atoms with Crippen molar-refractivity contribution < 1.29 is 9.53 Å². The van der Waals surface area contributed by atoms with Gasteiger partial charge in [-0.3, -0.25) is 4.79 Å². The molecule has 0 radical (unpaired) electrons. The summed E-state index contributed by atoms with van der Waals surface area (Å²) in [5.41, 5.74) is -0.622. The third kappa shape index (κ3) is 3.23. The Bertz CT molecular complexity index is 212. The summed E-state index contributed by atoms with van der Waals surface area (Å²) in [5, 5.41) is 0.824. The van der Waals surface area contributed by atoms with Crippen LogP contribution < -0.4 is 0 Å². The molecule has 0 aromatic carbocycles. The summed E-state index contributed by atoms with van der Waals surface area (Å²) in [6.45, 7) is 9.47. The van der Waals surface area contributed by atoms with Gasteiger partial charge in [0.05, 0.1) is 0 Å². The molecule has 0 heterocycles. The van der Waals surface area contributed by atoms with Crippen molar-refractivity contribution in [2.24, 2.45) is 5.41 Å². The van der Waals surface area contributed by atoms with Crippen molar-refractivity contribution in [3.63, 3.8) is 0 Å². The van der Waals surface area contributed by atoms with Crippen LogP contribution in [0.15, 0.2) is 0 Å². The predicted molar refractivity (Wildman–Crippen MR) is 66.1 cm³/mol. The summed E-state index contributed by atoms with van der Waals surface area (Å²) in [6, 6.07) is 0. The molecular formula is C10H18Br2O2. The Morgan fingerprint density at radius 2 is 1.79 bits per heavy atom. The fourth-order valence-corrected chi connectivity index (χ4v) is 2.42. The molecule has 14 heavy (non-hydrogen) atoms. The molecule has 2 nitrogen and oxygen atoms in total. The van der Waals surface area contributed by atoms with Crippen molar-refractivity contribution in [3.05, 3.63) is 0 Å². The molecule has 0 bridgehead atoms. The molecule has 84 valence electrons. The Morgan fingerprint density at radius 3 is 2.07 bits per heavy atom. The zero-order valence-corrected chi connectivity index (χ0v) is 12.5. The molecule has 0 rings (SSSR count). The second-order valence-electron chi connectivity index (χ2n) is 4.45. The molecule has 0 amide bonds. The second-order valence-corrected chi connectivity index (χ2v) is 6.20. The van der Waals surface area contributed by atoms with Crippen LogP contribution in [0.1, 0.15) is 34.6 Å². The number of alkyl halides is 2. The first kappa shape index (κ1) is 14.4. The van der Waals surface area contributed by atoms with Gasteiger partial charge in [-0.05, 0) is 13.8 Å². The summed E-state index contributed by atoms with van der Waals surface area (Å²) in [5.74, 6) is -0.239. The van der Waals surface area contributed by atoms with Crippen LogP contribution in [0.5, 0.6) is 0 Å². The lowest BCUT2D eigenvalue weighted by Gasteiger charge is -2.43. The van der Waals surface area contributed by atoms with Crippen molar-refractivity contribution in [1.29, 1.82) is 0 Å². The van der Waals surface area contributed by atoms with Crippen molar-refractivity contribution in [1.82, 2.24) is 0 Å². The molecule has 0 aromatic rings. The maximum absolute atomic E-state index is 11.0. The second kappa shape index (κ2) is 4.97. The summed E-state index contributed by atoms with van der Waals surface area (Å²) in [7, 11) is 0. The molecule has 0 aliphatic carbocycles. The first-order chi connectivity index (χ1) is 6.15. The van der Waals surface area contributed by atoms with Crippen LogP contribution in [-0.4, -0.2) is 21.7 Å². The monoisotopic (exact) mass is 328 g/mol. The normalized spacial score (nSPS) is 15.1. The van der Waals surface area contributed by atoms with Crippen molar-refractivity contribution >= 4 is 37.8 Å². The molecular weight excluding hydrogens is 312 g/mol. The summed E-state index contributed by atoms with van der Waals surface area (Å²) >= 11 is 7.01. The Morgan fingerprint density at radius 1 is 1.36 bits per heavy atom. The van der Waals surface area contributed by atoms with Gasteiger partial charge in [-0.1, -0.05) is 45.7 Å². The van der Waals surface area contributed by atoms with Gasteiger partial charge in [-0.2, -0.15) is 0 Å². The summed E-state index contributed by atoms with van der Waals surface area (Å²) in [4.78, 5) is 11.2. The number of hydrogen-bond donors (Lipinski definition) is 0. The van der Waals surface area contributed by atoms with Gasteiger partial charge >= 0.3 is 5.97 Å². The lowest BCUT2D eigenvalue weighted by atomic mass is 9.75. The van der Waals surface area contributed by atoms with E-state index in [2.05, 4.69) is 45.7 Å². The Labute approximate surface area is 103 Å². The zero-order chi connectivity index (χ0) is 11.6. The smallest absolute Gasteiger partial charge is 0.303 e. The molecule has 0 spiro atoms. The topological polar surface area (TPSA) is 26.3 Å². The van der Waals surface area contributed by atoms with E-state index in [0.717, 1.165) is 5.33 Å². The van der Waals surface area contributed by atoms with E-state index in [0.29, 0.717) is 0 Å². The van der Waals surface area contributed by atoms with Crippen molar-refractivity contribution in [2.45, 2.75) is 45.0 Å². The average molecular weight is 330 g/mol. The third-order valence-corrected chi connectivity index (χ3v) is 5.85. The van der Waals surface area contributed by atoms with E-state index in [9.17, 15) is 4.79 Å². The van der Waals surface area contributed by atoms with Crippen molar-refractivity contribution in [3.8, 4) is 0 Å².